The van der Waals surface area contributed by atoms with Crippen molar-refractivity contribution in [1.29, 1.82) is 0 Å². The number of phosphoric acid groups is 1. The first-order chi connectivity index (χ1) is 25.5. The number of phosphoric ester groups is 1. The molecule has 1 saturated carbocycles. The molecule has 0 radical (unpaired) electrons. The van der Waals surface area contributed by atoms with E-state index in [0.29, 0.717) is 13.0 Å². The second-order valence-corrected chi connectivity index (χ2v) is 16.6. The molecule has 0 saturated heterocycles. The first kappa shape index (κ1) is 50.4. The van der Waals surface area contributed by atoms with Crippen LogP contribution in [0.1, 0.15) is 187 Å². The van der Waals surface area contributed by atoms with Crippen molar-refractivity contribution >= 4 is 13.8 Å². The van der Waals surface area contributed by atoms with Gasteiger partial charge in [0.1, 0.15) is 42.7 Å². The maximum atomic E-state index is 12.8. The first-order valence-electron chi connectivity index (χ1n) is 21.4. The third-order valence-corrected chi connectivity index (χ3v) is 11.2. The van der Waals surface area contributed by atoms with E-state index in [1.54, 1.807) is 0 Å². The van der Waals surface area contributed by atoms with E-state index in [-0.39, 0.29) is 13.0 Å². The predicted molar refractivity (Wildman–Crippen MR) is 207 cm³/mol. The molecule has 8 atom stereocenters. The summed E-state index contributed by atoms with van der Waals surface area (Å²) in [5.74, 6) is -0.476. The highest BCUT2D eigenvalue weighted by atomic mass is 31.2. The molecule has 0 bridgehead atoms. The summed E-state index contributed by atoms with van der Waals surface area (Å²) in [5.41, 5.74) is 0. The van der Waals surface area contributed by atoms with Crippen molar-refractivity contribution in [3.05, 3.63) is 0 Å². The molecule has 1 aliphatic rings. The summed E-state index contributed by atoms with van der Waals surface area (Å²) in [4.78, 5) is 23.0. The molecule has 0 heterocycles. The van der Waals surface area contributed by atoms with Gasteiger partial charge in [0.2, 0.25) is 0 Å². The van der Waals surface area contributed by atoms with Crippen molar-refractivity contribution in [1.82, 2.24) is 0 Å². The van der Waals surface area contributed by atoms with Gasteiger partial charge in [0.25, 0.3) is 0 Å². The molecule has 53 heavy (non-hydrogen) atoms. The van der Waals surface area contributed by atoms with Crippen LogP contribution in [0.15, 0.2) is 0 Å². The zero-order valence-corrected chi connectivity index (χ0v) is 34.2. The minimum atomic E-state index is -5.00. The average Bonchev–Trinajstić information content (AvgIpc) is 3.14. The Hall–Kier alpha value is -0.660. The van der Waals surface area contributed by atoms with Gasteiger partial charge in [-0.1, -0.05) is 168 Å². The van der Waals surface area contributed by atoms with Gasteiger partial charge in [-0.15, -0.1) is 0 Å². The molecule has 0 aromatic heterocycles. The quantitative estimate of drug-likeness (QED) is 0.0206. The lowest BCUT2D eigenvalue weighted by molar-refractivity contribution is -0.220. The van der Waals surface area contributed by atoms with Crippen LogP contribution >= 0.6 is 7.82 Å². The van der Waals surface area contributed by atoms with E-state index in [1.807, 2.05) is 0 Å². The lowest BCUT2D eigenvalue weighted by Crippen LogP contribution is -2.64. The van der Waals surface area contributed by atoms with E-state index in [9.17, 15) is 39.8 Å². The molecular weight excluding hydrogens is 703 g/mol. The van der Waals surface area contributed by atoms with Crippen LogP contribution in [0.5, 0.6) is 0 Å². The second kappa shape index (κ2) is 32.4. The van der Waals surface area contributed by atoms with Crippen LogP contribution in [0, 0.1) is 0 Å². The van der Waals surface area contributed by atoms with Crippen molar-refractivity contribution in [2.24, 2.45) is 0 Å². The lowest BCUT2D eigenvalue weighted by Gasteiger charge is -2.41. The summed E-state index contributed by atoms with van der Waals surface area (Å²) in [5, 5.41) is 50.0. The van der Waals surface area contributed by atoms with Gasteiger partial charge in [-0.3, -0.25) is 13.8 Å². The van der Waals surface area contributed by atoms with Gasteiger partial charge in [-0.25, -0.2) is 4.57 Å². The van der Waals surface area contributed by atoms with Crippen LogP contribution < -0.4 is 0 Å². The van der Waals surface area contributed by atoms with Crippen LogP contribution in [-0.2, 0) is 27.9 Å². The van der Waals surface area contributed by atoms with Crippen LogP contribution in [0.3, 0.4) is 0 Å². The fraction of sp³-hybridized carbons (Fsp3) is 0.975. The standard InChI is InChI=1S/C40H79O12P/c1-3-5-7-9-11-13-15-16-17-18-19-20-22-24-26-28-30-49-31-33(51-34(41)29-27-25-23-21-14-12-10-8-6-4-2)32-50-53(47,48)52-40-38(45)36(43)35(42)37(44)39(40)46/h33,35-40,42-46H,3-32H2,1-2H3,(H,47,48)/t33-,35?,36-,37?,38?,39?,40?/m1/s1. The highest BCUT2D eigenvalue weighted by Gasteiger charge is 2.51. The topological polar surface area (TPSA) is 192 Å². The van der Waals surface area contributed by atoms with E-state index >= 15 is 0 Å². The molecule has 0 aromatic rings. The highest BCUT2D eigenvalue weighted by Crippen LogP contribution is 2.47. The Bertz CT molecular complexity index is 895. The van der Waals surface area contributed by atoms with Crippen LogP contribution in [0.25, 0.3) is 0 Å². The third kappa shape index (κ3) is 25.3. The smallest absolute Gasteiger partial charge is 0.457 e. The minimum absolute atomic E-state index is 0.0686. The summed E-state index contributed by atoms with van der Waals surface area (Å²) in [7, 11) is -5.00. The molecule has 1 aliphatic carbocycles. The van der Waals surface area contributed by atoms with Crippen molar-refractivity contribution in [2.45, 2.75) is 230 Å². The summed E-state index contributed by atoms with van der Waals surface area (Å²) < 4.78 is 34.0. The molecule has 13 heteroatoms. The first-order valence-corrected chi connectivity index (χ1v) is 22.9. The number of esters is 1. The number of ether oxygens (including phenoxy) is 2. The number of carbonyl (C=O) groups excluding carboxylic acids is 1. The molecule has 0 amide bonds. The zero-order chi connectivity index (χ0) is 39.2. The zero-order valence-electron chi connectivity index (χ0n) is 33.3. The Labute approximate surface area is 321 Å². The Morgan fingerprint density at radius 2 is 0.887 bits per heavy atom. The summed E-state index contributed by atoms with van der Waals surface area (Å²) in [6, 6.07) is 0. The van der Waals surface area contributed by atoms with Crippen LogP contribution in [0.4, 0.5) is 0 Å². The van der Waals surface area contributed by atoms with Crippen molar-refractivity contribution in [2.75, 3.05) is 19.8 Å². The minimum Gasteiger partial charge on any atom is -0.457 e. The molecule has 0 aromatic carbocycles. The van der Waals surface area contributed by atoms with Crippen LogP contribution in [-0.4, -0.2) is 98.9 Å². The van der Waals surface area contributed by atoms with Gasteiger partial charge >= 0.3 is 13.8 Å². The molecular formula is C40H79O12P. The van der Waals surface area contributed by atoms with Gasteiger partial charge in [0.05, 0.1) is 13.2 Å². The number of rotatable bonds is 36. The largest absolute Gasteiger partial charge is 0.472 e. The van der Waals surface area contributed by atoms with Gasteiger partial charge in [0, 0.05) is 13.0 Å². The predicted octanol–water partition coefficient (Wildman–Crippen LogP) is 7.81. The molecule has 0 aliphatic heterocycles. The lowest BCUT2D eigenvalue weighted by atomic mass is 9.85. The molecule has 316 valence electrons. The molecule has 0 spiro atoms. The maximum absolute atomic E-state index is 12.8. The highest BCUT2D eigenvalue weighted by molar-refractivity contribution is 7.47. The fourth-order valence-electron chi connectivity index (χ4n) is 6.77. The molecule has 12 nitrogen and oxygen atoms in total. The van der Waals surface area contributed by atoms with Crippen molar-refractivity contribution in [3.63, 3.8) is 0 Å². The average molecular weight is 783 g/mol. The molecule has 6 unspecified atom stereocenters. The number of aliphatic hydroxyl groups excluding tert-OH is 5. The number of hydrogen-bond acceptors (Lipinski definition) is 11. The van der Waals surface area contributed by atoms with Gasteiger partial charge < -0.3 is 39.9 Å². The monoisotopic (exact) mass is 783 g/mol. The summed E-state index contributed by atoms with van der Waals surface area (Å²) in [6.07, 6.45) is 19.0. The van der Waals surface area contributed by atoms with Gasteiger partial charge in [-0.05, 0) is 12.8 Å². The van der Waals surface area contributed by atoms with Crippen molar-refractivity contribution in [3.8, 4) is 0 Å². The van der Waals surface area contributed by atoms with E-state index in [4.69, 9.17) is 18.5 Å². The normalized spacial score (nSPS) is 23.5. The van der Waals surface area contributed by atoms with Crippen LogP contribution in [0.2, 0.25) is 0 Å². The molecule has 6 N–H and O–H groups in total. The Kier molecular flexibility index (Phi) is 30.8. The Balaban J connectivity index is 2.39. The third-order valence-electron chi connectivity index (χ3n) is 10.2. The Morgan fingerprint density at radius 3 is 1.30 bits per heavy atom. The number of hydrogen-bond donors (Lipinski definition) is 6. The van der Waals surface area contributed by atoms with E-state index in [0.717, 1.165) is 38.5 Å². The van der Waals surface area contributed by atoms with Gasteiger partial charge in [0.15, 0.2) is 0 Å². The van der Waals surface area contributed by atoms with E-state index in [2.05, 4.69) is 13.8 Å². The number of unbranched alkanes of at least 4 members (excludes halogenated alkanes) is 24. The number of aliphatic hydroxyl groups is 5. The maximum Gasteiger partial charge on any atom is 0.472 e. The second-order valence-electron chi connectivity index (χ2n) is 15.2. The fourth-order valence-corrected chi connectivity index (χ4v) is 7.74. The summed E-state index contributed by atoms with van der Waals surface area (Å²) in [6.45, 7) is 4.25. The number of carbonyl (C=O) groups is 1. The van der Waals surface area contributed by atoms with Crippen molar-refractivity contribution < 1.29 is 58.3 Å². The SMILES string of the molecule is CCCCCCCCCCCCCCCCCCOC[C@H](COP(=O)(O)OC1C(O)C(O)C(O)[C@@H](O)C1O)OC(=O)CCCCCCCCCCCC. The molecule has 1 rings (SSSR count). The van der Waals surface area contributed by atoms with E-state index in [1.165, 1.54) is 122 Å². The van der Waals surface area contributed by atoms with Gasteiger partial charge in [-0.2, -0.15) is 0 Å². The Morgan fingerprint density at radius 1 is 0.528 bits per heavy atom. The molecule has 1 fully saturated rings. The van der Waals surface area contributed by atoms with E-state index < -0.39 is 63.1 Å². The summed E-state index contributed by atoms with van der Waals surface area (Å²) >= 11 is 0.